The summed E-state index contributed by atoms with van der Waals surface area (Å²) < 4.78 is 0. The second-order valence-electron chi connectivity index (χ2n) is 4.07. The fourth-order valence-electron chi connectivity index (χ4n) is 1.31. The van der Waals surface area contributed by atoms with E-state index in [2.05, 4.69) is 17.2 Å². The summed E-state index contributed by atoms with van der Waals surface area (Å²) in [6.45, 7) is 5.68. The minimum atomic E-state index is -0.955. The van der Waals surface area contributed by atoms with Crippen molar-refractivity contribution >= 4 is 29.7 Å². The lowest BCUT2D eigenvalue weighted by Crippen LogP contribution is -2.40. The number of aliphatic carboxylic acids is 1. The molecule has 0 aromatic heterocycles. The monoisotopic (exact) mass is 288 g/mol. The molecule has 108 valence electrons. The van der Waals surface area contributed by atoms with Crippen LogP contribution < -0.4 is 10.6 Å². The molecule has 6 nitrogen and oxygen atoms in total. The number of carboxylic acid groups (broad SMARTS) is 1. The molecule has 0 aliphatic heterocycles. The Morgan fingerprint density at radius 2 is 2.05 bits per heavy atom. The molecule has 1 unspecified atom stereocenters. The topological polar surface area (TPSA) is 95.5 Å². The Morgan fingerprint density at radius 3 is 2.63 bits per heavy atom. The van der Waals surface area contributed by atoms with E-state index in [1.807, 2.05) is 0 Å². The lowest BCUT2D eigenvalue weighted by atomic mass is 10.0. The van der Waals surface area contributed by atoms with E-state index in [4.69, 9.17) is 5.11 Å². The van der Waals surface area contributed by atoms with Crippen molar-refractivity contribution in [1.29, 1.82) is 0 Å². The van der Waals surface area contributed by atoms with Gasteiger partial charge in [0.15, 0.2) is 0 Å². The smallest absolute Gasteiger partial charge is 0.321 e. The quantitative estimate of drug-likeness (QED) is 0.438. The summed E-state index contributed by atoms with van der Waals surface area (Å²) in [5.41, 5.74) is 0. The van der Waals surface area contributed by atoms with E-state index in [0.29, 0.717) is 6.54 Å². The average molecular weight is 288 g/mol. The number of carbonyl (C=O) groups excluding carboxylic acids is 2. The van der Waals surface area contributed by atoms with Gasteiger partial charge in [-0.2, -0.15) is 11.8 Å². The lowest BCUT2D eigenvalue weighted by Gasteiger charge is -2.09. The van der Waals surface area contributed by atoms with Crippen LogP contribution in [0.1, 0.15) is 19.8 Å². The minimum Gasteiger partial charge on any atom is -0.481 e. The molecule has 3 N–H and O–H groups in total. The molecule has 0 spiro atoms. The van der Waals surface area contributed by atoms with Crippen molar-refractivity contribution in [1.82, 2.24) is 10.6 Å². The molecule has 0 aliphatic rings. The van der Waals surface area contributed by atoms with Crippen molar-refractivity contribution in [2.45, 2.75) is 19.8 Å². The highest BCUT2D eigenvalue weighted by Gasteiger charge is 2.14. The van der Waals surface area contributed by atoms with Crippen LogP contribution in [0.4, 0.5) is 4.79 Å². The summed E-state index contributed by atoms with van der Waals surface area (Å²) in [7, 11) is 0. The van der Waals surface area contributed by atoms with Crippen molar-refractivity contribution < 1.29 is 19.5 Å². The maximum absolute atomic E-state index is 11.4. The van der Waals surface area contributed by atoms with Gasteiger partial charge < -0.3 is 10.4 Å². The van der Waals surface area contributed by atoms with Crippen molar-refractivity contribution in [3.8, 4) is 0 Å². The number of urea groups is 1. The van der Waals surface area contributed by atoms with Gasteiger partial charge in [-0.15, -0.1) is 6.58 Å². The summed E-state index contributed by atoms with van der Waals surface area (Å²) in [4.78, 5) is 33.1. The highest BCUT2D eigenvalue weighted by molar-refractivity contribution is 7.99. The standard InChI is InChI=1S/C12H20N2O4S/c1-3-5-19-6-4-13-12(18)14-10(15)7-9(2)8-11(16)17/h3,9H,1,4-8H2,2H3,(H,16,17)(H2,13,14,15,18). The maximum Gasteiger partial charge on any atom is 0.321 e. The van der Waals surface area contributed by atoms with Crippen LogP contribution in [0.2, 0.25) is 0 Å². The highest BCUT2D eigenvalue weighted by atomic mass is 32.2. The number of thioether (sulfide) groups is 1. The number of amides is 3. The van der Waals surface area contributed by atoms with E-state index in [1.54, 1.807) is 24.8 Å². The van der Waals surface area contributed by atoms with Gasteiger partial charge in [0.25, 0.3) is 0 Å². The second kappa shape index (κ2) is 10.4. The van der Waals surface area contributed by atoms with Gasteiger partial charge in [0.2, 0.25) is 5.91 Å². The molecule has 0 radical (unpaired) electrons. The third kappa shape index (κ3) is 11.3. The van der Waals surface area contributed by atoms with Gasteiger partial charge in [0.1, 0.15) is 0 Å². The average Bonchev–Trinajstić information content (AvgIpc) is 2.26. The van der Waals surface area contributed by atoms with E-state index in [9.17, 15) is 14.4 Å². The Hall–Kier alpha value is -1.50. The van der Waals surface area contributed by atoms with Crippen molar-refractivity contribution in [3.63, 3.8) is 0 Å². The number of rotatable bonds is 9. The Bertz CT molecular complexity index is 334. The summed E-state index contributed by atoms with van der Waals surface area (Å²) in [6, 6.07) is -0.549. The van der Waals surface area contributed by atoms with Gasteiger partial charge in [-0.3, -0.25) is 14.9 Å². The highest BCUT2D eigenvalue weighted by Crippen LogP contribution is 2.06. The molecule has 0 saturated heterocycles. The van der Waals surface area contributed by atoms with Crippen molar-refractivity contribution in [3.05, 3.63) is 12.7 Å². The number of nitrogens with one attached hydrogen (secondary N) is 2. The Kier molecular flexibility index (Phi) is 9.60. The van der Waals surface area contributed by atoms with Gasteiger partial charge in [0, 0.05) is 30.9 Å². The largest absolute Gasteiger partial charge is 0.481 e. The van der Waals surface area contributed by atoms with E-state index in [1.165, 1.54) is 0 Å². The molecule has 1 atom stereocenters. The molecule has 7 heteroatoms. The number of carbonyl (C=O) groups is 3. The van der Waals surface area contributed by atoms with Gasteiger partial charge in [-0.05, 0) is 5.92 Å². The van der Waals surface area contributed by atoms with Crippen LogP contribution in [0.5, 0.6) is 0 Å². The Morgan fingerprint density at radius 1 is 1.37 bits per heavy atom. The third-order valence-electron chi connectivity index (χ3n) is 2.08. The van der Waals surface area contributed by atoms with E-state index in [-0.39, 0.29) is 18.8 Å². The van der Waals surface area contributed by atoms with Crippen LogP contribution in [0, 0.1) is 5.92 Å². The second-order valence-corrected chi connectivity index (χ2v) is 5.22. The molecule has 0 saturated carbocycles. The maximum atomic E-state index is 11.4. The van der Waals surface area contributed by atoms with Crippen molar-refractivity contribution in [2.24, 2.45) is 5.92 Å². The van der Waals surface area contributed by atoms with E-state index < -0.39 is 17.9 Å². The Balaban J connectivity index is 3.71. The molecule has 0 aliphatic carbocycles. The normalized spacial score (nSPS) is 11.4. The minimum absolute atomic E-state index is 0.0188. The van der Waals surface area contributed by atoms with E-state index in [0.717, 1.165) is 11.5 Å². The SMILES string of the molecule is C=CCSCCNC(=O)NC(=O)CC(C)CC(=O)O. The molecule has 3 amide bonds. The third-order valence-corrected chi connectivity index (χ3v) is 3.04. The Labute approximate surface area is 117 Å². The fourth-order valence-corrected chi connectivity index (χ4v) is 1.89. The van der Waals surface area contributed by atoms with E-state index >= 15 is 0 Å². The zero-order valence-corrected chi connectivity index (χ0v) is 11.8. The lowest BCUT2D eigenvalue weighted by molar-refractivity contribution is -0.138. The summed E-state index contributed by atoms with van der Waals surface area (Å²) in [5, 5.41) is 13.3. The summed E-state index contributed by atoms with van der Waals surface area (Å²) >= 11 is 1.62. The van der Waals surface area contributed by atoms with Crippen LogP contribution in [0.15, 0.2) is 12.7 Å². The molecule has 0 bridgehead atoms. The first-order valence-electron chi connectivity index (χ1n) is 5.93. The molecule has 0 aromatic rings. The van der Waals surface area contributed by atoms with Crippen molar-refractivity contribution in [2.75, 3.05) is 18.1 Å². The van der Waals surface area contributed by atoms with Gasteiger partial charge in [0.05, 0.1) is 0 Å². The van der Waals surface area contributed by atoms with Crippen LogP contribution in [-0.2, 0) is 9.59 Å². The fraction of sp³-hybridized carbons (Fsp3) is 0.583. The number of imide groups is 1. The van der Waals surface area contributed by atoms with Gasteiger partial charge in [-0.1, -0.05) is 13.0 Å². The molecule has 0 heterocycles. The van der Waals surface area contributed by atoms with Crippen LogP contribution in [0.25, 0.3) is 0 Å². The molecular formula is C12H20N2O4S. The number of hydrogen-bond donors (Lipinski definition) is 3. The van der Waals surface area contributed by atoms with Crippen LogP contribution in [-0.4, -0.2) is 41.1 Å². The first-order chi connectivity index (χ1) is 8.95. The predicted molar refractivity (Wildman–Crippen MR) is 75.1 cm³/mol. The zero-order valence-electron chi connectivity index (χ0n) is 11.0. The first kappa shape index (κ1) is 17.5. The molecule has 0 aromatic carbocycles. The summed E-state index contributed by atoms with van der Waals surface area (Å²) in [6.07, 6.45) is 1.70. The first-order valence-corrected chi connectivity index (χ1v) is 7.09. The summed E-state index contributed by atoms with van der Waals surface area (Å²) in [5.74, 6) is -0.166. The van der Waals surface area contributed by atoms with Crippen LogP contribution >= 0.6 is 11.8 Å². The van der Waals surface area contributed by atoms with Crippen LogP contribution in [0.3, 0.4) is 0 Å². The zero-order chi connectivity index (χ0) is 14.7. The molecule has 0 fully saturated rings. The van der Waals surface area contributed by atoms with Gasteiger partial charge >= 0.3 is 12.0 Å². The molecular weight excluding hydrogens is 268 g/mol. The predicted octanol–water partition coefficient (Wildman–Crippen LogP) is 1.23. The number of hydrogen-bond acceptors (Lipinski definition) is 4. The number of carboxylic acids is 1. The van der Waals surface area contributed by atoms with Gasteiger partial charge in [-0.25, -0.2) is 4.79 Å². The molecule has 19 heavy (non-hydrogen) atoms. The molecule has 0 rings (SSSR count).